The van der Waals surface area contributed by atoms with E-state index in [9.17, 15) is 19.5 Å². The lowest BCUT2D eigenvalue weighted by Gasteiger charge is -2.22. The second-order valence-corrected chi connectivity index (χ2v) is 5.21. The van der Waals surface area contributed by atoms with E-state index in [2.05, 4.69) is 9.47 Å². The van der Waals surface area contributed by atoms with Crippen molar-refractivity contribution in [3.63, 3.8) is 0 Å². The predicted molar refractivity (Wildman–Crippen MR) is 73.3 cm³/mol. The number of hydrogen-bond acceptors (Lipinski definition) is 7. The number of hydrogen-bond donors (Lipinski definition) is 1. The van der Waals surface area contributed by atoms with Gasteiger partial charge in [0.1, 0.15) is 11.5 Å². The van der Waals surface area contributed by atoms with Crippen molar-refractivity contribution in [1.29, 1.82) is 0 Å². The molecule has 1 N–H and O–H groups in total. The summed E-state index contributed by atoms with van der Waals surface area (Å²) in [5.41, 5.74) is 0.694. The molecule has 1 unspecified atom stereocenters. The summed E-state index contributed by atoms with van der Waals surface area (Å²) in [6, 6.07) is 4.41. The number of carbonyl (C=O) groups excluding carboxylic acids is 3. The summed E-state index contributed by atoms with van der Waals surface area (Å²) < 4.78 is 14.2. The van der Waals surface area contributed by atoms with Gasteiger partial charge in [0.2, 0.25) is 0 Å². The monoisotopic (exact) mass is 308 g/mol. The molecule has 0 spiro atoms. The number of fused-ring (bicyclic) bond motifs is 1. The fourth-order valence-electron chi connectivity index (χ4n) is 2.06. The van der Waals surface area contributed by atoms with Crippen LogP contribution < -0.4 is 4.74 Å². The summed E-state index contributed by atoms with van der Waals surface area (Å²) in [5, 5.41) is 9.34. The maximum absolute atomic E-state index is 11.8. The van der Waals surface area contributed by atoms with Crippen molar-refractivity contribution < 1.29 is 33.7 Å². The Morgan fingerprint density at radius 1 is 1.41 bits per heavy atom. The van der Waals surface area contributed by atoms with Crippen LogP contribution in [0.4, 0.5) is 4.79 Å². The van der Waals surface area contributed by atoms with E-state index < -0.39 is 30.1 Å². The number of phenolic OH excluding ortho intramolecular Hbond substituents is 1. The van der Waals surface area contributed by atoms with Crippen molar-refractivity contribution in [2.75, 3.05) is 0 Å². The van der Waals surface area contributed by atoms with Gasteiger partial charge >= 0.3 is 18.1 Å². The quantitative estimate of drug-likeness (QED) is 0.517. The van der Waals surface area contributed by atoms with E-state index in [0.29, 0.717) is 5.56 Å². The Bertz CT molecular complexity index is 606. The minimum Gasteiger partial charge on any atom is -0.508 e. The van der Waals surface area contributed by atoms with Crippen LogP contribution in [0, 0.1) is 5.92 Å². The smallest absolute Gasteiger partial charge is 0.508 e. The summed E-state index contributed by atoms with van der Waals surface area (Å²) in [4.78, 5) is 34.7. The third kappa shape index (κ3) is 3.97. The first kappa shape index (κ1) is 15.8. The van der Waals surface area contributed by atoms with E-state index in [1.54, 1.807) is 19.9 Å². The highest BCUT2D eigenvalue weighted by Crippen LogP contribution is 2.32. The SMILES string of the molecule is CC(C)OC(=O)OC(=O)CC1Cc2ccc(O)cc2OC1=O. The lowest BCUT2D eigenvalue weighted by atomic mass is 9.93. The zero-order valence-corrected chi connectivity index (χ0v) is 12.2. The molecule has 0 bridgehead atoms. The number of benzene rings is 1. The van der Waals surface area contributed by atoms with Crippen LogP contribution >= 0.6 is 0 Å². The normalized spacial score (nSPS) is 16.7. The van der Waals surface area contributed by atoms with E-state index in [1.165, 1.54) is 12.1 Å². The predicted octanol–water partition coefficient (Wildman–Crippen LogP) is 1.95. The van der Waals surface area contributed by atoms with Crippen LogP contribution in [0.5, 0.6) is 11.5 Å². The third-order valence-corrected chi connectivity index (χ3v) is 3.00. The average Bonchev–Trinajstić information content (AvgIpc) is 2.38. The first-order chi connectivity index (χ1) is 10.3. The van der Waals surface area contributed by atoms with Crippen LogP contribution in [0.3, 0.4) is 0 Å². The highest BCUT2D eigenvalue weighted by Gasteiger charge is 2.31. The zero-order valence-electron chi connectivity index (χ0n) is 12.2. The van der Waals surface area contributed by atoms with E-state index in [4.69, 9.17) is 4.74 Å². The van der Waals surface area contributed by atoms with E-state index >= 15 is 0 Å². The van der Waals surface area contributed by atoms with Crippen LogP contribution in [-0.4, -0.2) is 29.3 Å². The maximum Gasteiger partial charge on any atom is 0.516 e. The fraction of sp³-hybridized carbons (Fsp3) is 0.400. The molecule has 7 nitrogen and oxygen atoms in total. The van der Waals surface area contributed by atoms with Crippen LogP contribution in [0.15, 0.2) is 18.2 Å². The van der Waals surface area contributed by atoms with Crippen molar-refractivity contribution in [2.24, 2.45) is 5.92 Å². The first-order valence-corrected chi connectivity index (χ1v) is 6.80. The zero-order chi connectivity index (χ0) is 16.3. The molecule has 7 heteroatoms. The van der Waals surface area contributed by atoms with E-state index in [0.717, 1.165) is 0 Å². The Morgan fingerprint density at radius 2 is 2.14 bits per heavy atom. The molecule has 0 saturated heterocycles. The Balaban J connectivity index is 1.96. The summed E-state index contributed by atoms with van der Waals surface area (Å²) in [6.45, 7) is 3.24. The lowest BCUT2D eigenvalue weighted by molar-refractivity contribution is -0.149. The molecular formula is C15H16O7. The molecule has 0 radical (unpaired) electrons. The van der Waals surface area contributed by atoms with Crippen molar-refractivity contribution >= 4 is 18.1 Å². The average molecular weight is 308 g/mol. The topological polar surface area (TPSA) is 99.1 Å². The van der Waals surface area contributed by atoms with Gasteiger partial charge in [0, 0.05) is 6.07 Å². The van der Waals surface area contributed by atoms with E-state index in [-0.39, 0.29) is 24.3 Å². The van der Waals surface area contributed by atoms with Gasteiger partial charge in [-0.2, -0.15) is 0 Å². The molecule has 22 heavy (non-hydrogen) atoms. The molecule has 1 heterocycles. The molecule has 0 aliphatic carbocycles. The minimum absolute atomic E-state index is 0.0131. The van der Waals surface area contributed by atoms with Crippen LogP contribution in [0.25, 0.3) is 0 Å². The Hall–Kier alpha value is -2.57. The van der Waals surface area contributed by atoms with Gasteiger partial charge in [-0.15, -0.1) is 0 Å². The van der Waals surface area contributed by atoms with Gasteiger partial charge in [-0.05, 0) is 31.9 Å². The summed E-state index contributed by atoms with van der Waals surface area (Å²) >= 11 is 0. The second kappa shape index (κ2) is 6.46. The molecule has 0 aromatic heterocycles. The van der Waals surface area contributed by atoms with Gasteiger partial charge in [-0.1, -0.05) is 6.07 Å². The molecule has 0 saturated carbocycles. The molecule has 0 fully saturated rings. The molecule has 1 aromatic carbocycles. The molecule has 1 aliphatic rings. The lowest BCUT2D eigenvalue weighted by Crippen LogP contribution is -2.30. The summed E-state index contributed by atoms with van der Waals surface area (Å²) in [6.07, 6.45) is -1.51. The van der Waals surface area contributed by atoms with Crippen LogP contribution in [-0.2, 0) is 25.5 Å². The molecule has 1 atom stereocenters. The standard InChI is InChI=1S/C15H16O7/c1-8(2)20-15(19)22-13(17)6-10-5-9-3-4-11(16)7-12(9)21-14(10)18/h3-4,7-8,10,16H,5-6H2,1-2H3. The van der Waals surface area contributed by atoms with Crippen LogP contribution in [0.2, 0.25) is 0 Å². The Labute approximate surface area is 126 Å². The number of ether oxygens (including phenoxy) is 3. The van der Waals surface area contributed by atoms with Gasteiger partial charge in [-0.3, -0.25) is 9.59 Å². The van der Waals surface area contributed by atoms with E-state index in [1.807, 2.05) is 0 Å². The fourth-order valence-corrected chi connectivity index (χ4v) is 2.06. The largest absolute Gasteiger partial charge is 0.516 e. The van der Waals surface area contributed by atoms with Gasteiger partial charge in [-0.25, -0.2) is 4.79 Å². The molecule has 2 rings (SSSR count). The highest BCUT2D eigenvalue weighted by molar-refractivity contribution is 5.87. The number of aromatic hydroxyl groups is 1. The highest BCUT2D eigenvalue weighted by atomic mass is 16.7. The van der Waals surface area contributed by atoms with Crippen molar-refractivity contribution in [1.82, 2.24) is 0 Å². The maximum atomic E-state index is 11.8. The van der Waals surface area contributed by atoms with Crippen LogP contribution in [0.1, 0.15) is 25.8 Å². The number of phenols is 1. The van der Waals surface area contributed by atoms with Gasteiger partial charge in [0.05, 0.1) is 18.4 Å². The number of carbonyl (C=O) groups is 3. The summed E-state index contributed by atoms with van der Waals surface area (Å²) in [7, 11) is 0. The molecule has 1 aliphatic heterocycles. The molecule has 0 amide bonds. The summed E-state index contributed by atoms with van der Waals surface area (Å²) in [5.74, 6) is -1.94. The Kier molecular flexibility index (Phi) is 4.65. The van der Waals surface area contributed by atoms with Crippen molar-refractivity contribution in [2.45, 2.75) is 32.8 Å². The van der Waals surface area contributed by atoms with Crippen molar-refractivity contribution in [3.05, 3.63) is 23.8 Å². The minimum atomic E-state index is -1.09. The second-order valence-electron chi connectivity index (χ2n) is 5.21. The number of rotatable bonds is 3. The molecule has 118 valence electrons. The van der Waals surface area contributed by atoms with Gasteiger partial charge in [0.25, 0.3) is 0 Å². The molecule has 1 aromatic rings. The number of esters is 2. The van der Waals surface area contributed by atoms with Crippen molar-refractivity contribution in [3.8, 4) is 11.5 Å². The Morgan fingerprint density at radius 3 is 2.82 bits per heavy atom. The van der Waals surface area contributed by atoms with Gasteiger partial charge < -0.3 is 19.3 Å². The molecular weight excluding hydrogens is 292 g/mol. The third-order valence-electron chi connectivity index (χ3n) is 3.00. The first-order valence-electron chi connectivity index (χ1n) is 6.80. The van der Waals surface area contributed by atoms with Gasteiger partial charge in [0.15, 0.2) is 0 Å².